The molecule has 0 amide bonds. The Morgan fingerprint density at radius 2 is 1.96 bits per heavy atom. The predicted octanol–water partition coefficient (Wildman–Crippen LogP) is 4.43. The van der Waals surface area contributed by atoms with Gasteiger partial charge in [-0.1, -0.05) is 36.0 Å². The van der Waals surface area contributed by atoms with Gasteiger partial charge in [0, 0.05) is 28.2 Å². The topological polar surface area (TPSA) is 46.5 Å². The molecule has 2 atom stereocenters. The van der Waals surface area contributed by atoms with E-state index in [2.05, 4.69) is 6.07 Å². The van der Waals surface area contributed by atoms with E-state index in [1.807, 2.05) is 49.4 Å². The lowest BCUT2D eigenvalue weighted by molar-refractivity contribution is -0.101. The SMILES string of the molecule is CC(=O)c1ccc(Sc2cccc([C@]3(O)CCO[C@@H](C)C3)c2)cc1. The maximum Gasteiger partial charge on any atom is 0.159 e. The second-order valence-corrected chi connectivity index (χ2v) is 7.52. The summed E-state index contributed by atoms with van der Waals surface area (Å²) in [7, 11) is 0. The molecule has 0 aromatic heterocycles. The molecule has 1 aliphatic rings. The Hall–Kier alpha value is -1.62. The summed E-state index contributed by atoms with van der Waals surface area (Å²) in [5, 5.41) is 11.0. The highest BCUT2D eigenvalue weighted by Gasteiger charge is 2.35. The van der Waals surface area contributed by atoms with Gasteiger partial charge >= 0.3 is 0 Å². The standard InChI is InChI=1S/C20H22O3S/c1-14-13-20(22,10-11-23-14)17-4-3-5-19(12-17)24-18-8-6-16(7-9-18)15(2)21/h3-9,12,14,22H,10-11,13H2,1-2H3/t14-,20-/m0/s1. The van der Waals surface area contributed by atoms with Crippen molar-refractivity contribution in [3.8, 4) is 0 Å². The van der Waals surface area contributed by atoms with Crippen LogP contribution in [-0.4, -0.2) is 23.6 Å². The average Bonchev–Trinajstić information content (AvgIpc) is 2.55. The molecule has 0 bridgehead atoms. The zero-order valence-corrected chi connectivity index (χ0v) is 14.8. The molecule has 24 heavy (non-hydrogen) atoms. The van der Waals surface area contributed by atoms with Crippen molar-refractivity contribution < 1.29 is 14.6 Å². The summed E-state index contributed by atoms with van der Waals surface area (Å²) in [5.74, 6) is 0.0735. The monoisotopic (exact) mass is 342 g/mol. The van der Waals surface area contributed by atoms with E-state index in [-0.39, 0.29) is 11.9 Å². The van der Waals surface area contributed by atoms with E-state index < -0.39 is 5.60 Å². The van der Waals surface area contributed by atoms with Crippen molar-refractivity contribution >= 4 is 17.5 Å². The summed E-state index contributed by atoms with van der Waals surface area (Å²) in [6.07, 6.45) is 1.31. The predicted molar refractivity (Wildman–Crippen MR) is 95.6 cm³/mol. The molecule has 1 heterocycles. The maximum absolute atomic E-state index is 11.4. The molecule has 3 rings (SSSR count). The van der Waals surface area contributed by atoms with E-state index in [1.165, 1.54) is 0 Å². The smallest absolute Gasteiger partial charge is 0.159 e. The first-order valence-corrected chi connectivity index (χ1v) is 9.01. The van der Waals surface area contributed by atoms with Crippen LogP contribution in [0.1, 0.15) is 42.6 Å². The Kier molecular flexibility index (Phi) is 5.09. The molecule has 0 unspecified atom stereocenters. The van der Waals surface area contributed by atoms with E-state index >= 15 is 0 Å². The largest absolute Gasteiger partial charge is 0.385 e. The minimum absolute atomic E-state index is 0.0687. The van der Waals surface area contributed by atoms with Gasteiger partial charge < -0.3 is 9.84 Å². The van der Waals surface area contributed by atoms with Crippen LogP contribution in [0.2, 0.25) is 0 Å². The molecule has 1 aliphatic heterocycles. The second kappa shape index (κ2) is 7.09. The minimum atomic E-state index is -0.813. The van der Waals surface area contributed by atoms with Crippen LogP contribution in [-0.2, 0) is 10.3 Å². The van der Waals surface area contributed by atoms with Gasteiger partial charge in [-0.15, -0.1) is 0 Å². The number of rotatable bonds is 4. The van der Waals surface area contributed by atoms with Crippen LogP contribution in [0.25, 0.3) is 0 Å². The van der Waals surface area contributed by atoms with Crippen molar-refractivity contribution in [3.05, 3.63) is 59.7 Å². The van der Waals surface area contributed by atoms with Crippen molar-refractivity contribution in [2.75, 3.05) is 6.61 Å². The Balaban J connectivity index is 1.79. The van der Waals surface area contributed by atoms with Crippen molar-refractivity contribution in [1.29, 1.82) is 0 Å². The van der Waals surface area contributed by atoms with Crippen LogP contribution < -0.4 is 0 Å². The van der Waals surface area contributed by atoms with Gasteiger partial charge in [-0.05, 0) is 43.7 Å². The number of aliphatic hydroxyl groups is 1. The number of ketones is 1. The van der Waals surface area contributed by atoms with Crippen LogP contribution in [0.5, 0.6) is 0 Å². The number of carbonyl (C=O) groups is 1. The number of benzene rings is 2. The second-order valence-electron chi connectivity index (χ2n) is 6.38. The quantitative estimate of drug-likeness (QED) is 0.835. The average molecular weight is 342 g/mol. The number of hydrogen-bond acceptors (Lipinski definition) is 4. The molecule has 2 aromatic carbocycles. The summed E-state index contributed by atoms with van der Waals surface area (Å²) in [6, 6.07) is 15.7. The van der Waals surface area contributed by atoms with Gasteiger partial charge in [-0.2, -0.15) is 0 Å². The fourth-order valence-corrected chi connectivity index (χ4v) is 3.95. The van der Waals surface area contributed by atoms with E-state index in [1.54, 1.807) is 18.7 Å². The molecular formula is C20H22O3S. The van der Waals surface area contributed by atoms with Crippen LogP contribution >= 0.6 is 11.8 Å². The fraction of sp³-hybridized carbons (Fsp3) is 0.350. The van der Waals surface area contributed by atoms with Crippen LogP contribution in [0.15, 0.2) is 58.3 Å². The van der Waals surface area contributed by atoms with Gasteiger partial charge in [-0.3, -0.25) is 4.79 Å². The highest BCUT2D eigenvalue weighted by Crippen LogP contribution is 2.37. The van der Waals surface area contributed by atoms with Crippen molar-refractivity contribution in [1.82, 2.24) is 0 Å². The lowest BCUT2D eigenvalue weighted by atomic mass is 9.84. The van der Waals surface area contributed by atoms with Gasteiger partial charge in [0.25, 0.3) is 0 Å². The van der Waals surface area contributed by atoms with Crippen LogP contribution in [0.4, 0.5) is 0 Å². The third-order valence-corrected chi connectivity index (χ3v) is 5.41. The molecule has 0 radical (unpaired) electrons. The lowest BCUT2D eigenvalue weighted by Crippen LogP contribution is -2.37. The number of Topliss-reactive ketones (excluding diaryl/α,β-unsaturated/α-hetero) is 1. The zero-order chi connectivity index (χ0) is 17.2. The van der Waals surface area contributed by atoms with Gasteiger partial charge in [0.15, 0.2) is 5.78 Å². The van der Waals surface area contributed by atoms with Crippen molar-refractivity contribution in [2.24, 2.45) is 0 Å². The third kappa shape index (κ3) is 3.89. The molecule has 3 nitrogen and oxygen atoms in total. The van der Waals surface area contributed by atoms with E-state index in [0.29, 0.717) is 19.4 Å². The van der Waals surface area contributed by atoms with Crippen molar-refractivity contribution in [2.45, 2.75) is 48.2 Å². The summed E-state index contributed by atoms with van der Waals surface area (Å²) in [6.45, 7) is 4.15. The number of ether oxygens (including phenoxy) is 1. The molecule has 126 valence electrons. The van der Waals surface area contributed by atoms with E-state index in [0.717, 1.165) is 20.9 Å². The first kappa shape index (κ1) is 17.2. The molecule has 1 N–H and O–H groups in total. The van der Waals surface area contributed by atoms with Gasteiger partial charge in [0.2, 0.25) is 0 Å². The molecule has 1 saturated heterocycles. The number of hydrogen-bond donors (Lipinski definition) is 1. The minimum Gasteiger partial charge on any atom is -0.385 e. The summed E-state index contributed by atoms with van der Waals surface area (Å²) < 4.78 is 5.56. The van der Waals surface area contributed by atoms with Gasteiger partial charge in [-0.25, -0.2) is 0 Å². The van der Waals surface area contributed by atoms with Crippen LogP contribution in [0.3, 0.4) is 0 Å². The normalized spacial score (nSPS) is 23.9. The zero-order valence-electron chi connectivity index (χ0n) is 14.0. The molecule has 0 saturated carbocycles. The Morgan fingerprint density at radius 1 is 1.21 bits per heavy atom. The lowest BCUT2D eigenvalue weighted by Gasteiger charge is -2.36. The molecule has 0 aliphatic carbocycles. The maximum atomic E-state index is 11.4. The molecule has 4 heteroatoms. The van der Waals surface area contributed by atoms with Crippen LogP contribution in [0, 0.1) is 0 Å². The molecule has 2 aromatic rings. The highest BCUT2D eigenvalue weighted by atomic mass is 32.2. The Morgan fingerprint density at radius 3 is 2.62 bits per heavy atom. The Bertz CT molecular complexity index is 726. The first-order chi connectivity index (χ1) is 11.5. The van der Waals surface area contributed by atoms with Crippen molar-refractivity contribution in [3.63, 3.8) is 0 Å². The third-order valence-electron chi connectivity index (χ3n) is 4.41. The number of carbonyl (C=O) groups excluding carboxylic acids is 1. The summed E-state index contributed by atoms with van der Waals surface area (Å²) >= 11 is 1.63. The first-order valence-electron chi connectivity index (χ1n) is 8.20. The summed E-state index contributed by atoms with van der Waals surface area (Å²) in [5.41, 5.74) is 0.855. The Labute approximate surface area is 147 Å². The summed E-state index contributed by atoms with van der Waals surface area (Å²) in [4.78, 5) is 13.5. The van der Waals surface area contributed by atoms with E-state index in [4.69, 9.17) is 4.74 Å². The molecule has 0 spiro atoms. The van der Waals surface area contributed by atoms with Gasteiger partial charge in [0.1, 0.15) is 0 Å². The van der Waals surface area contributed by atoms with Gasteiger partial charge in [0.05, 0.1) is 18.3 Å². The molecular weight excluding hydrogens is 320 g/mol. The van der Waals surface area contributed by atoms with E-state index in [9.17, 15) is 9.90 Å². The highest BCUT2D eigenvalue weighted by molar-refractivity contribution is 7.99. The fourth-order valence-electron chi connectivity index (χ4n) is 3.07. The molecule has 1 fully saturated rings.